The summed E-state index contributed by atoms with van der Waals surface area (Å²) in [6, 6.07) is 10.0. The van der Waals surface area contributed by atoms with Crippen LogP contribution in [0.15, 0.2) is 41.0 Å². The quantitative estimate of drug-likeness (QED) is 0.685. The molecule has 0 spiro atoms. The van der Waals surface area contributed by atoms with Gasteiger partial charge in [-0.25, -0.2) is 0 Å². The van der Waals surface area contributed by atoms with Gasteiger partial charge in [-0.2, -0.15) is 5.10 Å². The van der Waals surface area contributed by atoms with Crippen LogP contribution in [0.1, 0.15) is 25.0 Å². The Hall–Kier alpha value is -1.85. The highest BCUT2D eigenvalue weighted by Gasteiger charge is 2.16. The minimum absolute atomic E-state index is 0.437. The number of halogens is 1. The molecule has 3 aromatic rings. The Labute approximate surface area is 150 Å². The molecular formula is C19H21BrN2O2. The molecule has 0 saturated heterocycles. The van der Waals surface area contributed by atoms with Crippen molar-refractivity contribution in [2.45, 2.75) is 39.8 Å². The van der Waals surface area contributed by atoms with E-state index in [1.54, 1.807) is 18.5 Å². The fourth-order valence-electron chi connectivity index (χ4n) is 2.70. The highest BCUT2D eigenvalue weighted by Crippen LogP contribution is 2.36. The summed E-state index contributed by atoms with van der Waals surface area (Å²) in [5, 5.41) is 15.5. The lowest BCUT2D eigenvalue weighted by Gasteiger charge is -2.16. The lowest BCUT2D eigenvalue weighted by Crippen LogP contribution is -2.26. The van der Waals surface area contributed by atoms with Crippen molar-refractivity contribution in [3.8, 4) is 11.5 Å². The van der Waals surface area contributed by atoms with Gasteiger partial charge in [-0.3, -0.25) is 4.68 Å². The van der Waals surface area contributed by atoms with Gasteiger partial charge in [0.1, 0.15) is 11.5 Å². The molecule has 0 radical (unpaired) electrons. The third kappa shape index (κ3) is 3.62. The molecule has 0 unspecified atom stereocenters. The molecule has 0 aliphatic rings. The van der Waals surface area contributed by atoms with Gasteiger partial charge in [-0.15, -0.1) is 0 Å². The second kappa shape index (κ2) is 6.22. The van der Waals surface area contributed by atoms with Crippen LogP contribution in [0, 0.1) is 13.8 Å². The van der Waals surface area contributed by atoms with E-state index in [-0.39, 0.29) is 0 Å². The smallest absolute Gasteiger partial charge is 0.142 e. The predicted octanol–water partition coefficient (Wildman–Crippen LogP) is 4.98. The Morgan fingerprint density at radius 1 is 1.21 bits per heavy atom. The molecular weight excluding hydrogens is 368 g/mol. The summed E-state index contributed by atoms with van der Waals surface area (Å²) in [5.74, 6) is 1.63. The number of aryl methyl sites for hydroxylation is 2. The summed E-state index contributed by atoms with van der Waals surface area (Å²) in [7, 11) is 0. The summed E-state index contributed by atoms with van der Waals surface area (Å²) in [5.41, 5.74) is 2.25. The molecule has 3 rings (SSSR count). The molecule has 24 heavy (non-hydrogen) atoms. The Morgan fingerprint density at radius 2 is 1.88 bits per heavy atom. The van der Waals surface area contributed by atoms with E-state index in [1.165, 1.54) is 0 Å². The molecule has 1 aromatic heterocycles. The van der Waals surface area contributed by atoms with Crippen LogP contribution in [0.5, 0.6) is 11.5 Å². The minimum atomic E-state index is -0.809. The molecule has 0 fully saturated rings. The van der Waals surface area contributed by atoms with E-state index in [1.807, 2.05) is 50.4 Å². The van der Waals surface area contributed by atoms with Gasteiger partial charge >= 0.3 is 0 Å². The standard InChI is InChI=1S/C19H21BrN2O2/c1-12-6-5-7-13(2)18(12)24-17-8-14-10-22(11-19(3,4)23)21-16(14)9-15(17)20/h5-10,23H,11H2,1-4H3. The van der Waals surface area contributed by atoms with Gasteiger partial charge in [-0.05, 0) is 66.9 Å². The molecule has 5 heteroatoms. The summed E-state index contributed by atoms with van der Waals surface area (Å²) >= 11 is 3.57. The number of ether oxygens (including phenoxy) is 1. The maximum absolute atomic E-state index is 9.97. The fourth-order valence-corrected chi connectivity index (χ4v) is 3.11. The predicted molar refractivity (Wildman–Crippen MR) is 99.7 cm³/mol. The van der Waals surface area contributed by atoms with Gasteiger partial charge in [0, 0.05) is 11.6 Å². The molecule has 0 aliphatic heterocycles. The largest absolute Gasteiger partial charge is 0.456 e. The first-order valence-electron chi connectivity index (χ1n) is 7.86. The van der Waals surface area contributed by atoms with Gasteiger partial charge in [0.2, 0.25) is 0 Å². The van der Waals surface area contributed by atoms with Crippen molar-refractivity contribution >= 4 is 26.8 Å². The van der Waals surface area contributed by atoms with Crippen molar-refractivity contribution in [2.75, 3.05) is 0 Å². The third-order valence-electron chi connectivity index (χ3n) is 3.78. The second-order valence-corrected chi connectivity index (χ2v) is 7.66. The Morgan fingerprint density at radius 3 is 2.50 bits per heavy atom. The van der Waals surface area contributed by atoms with Crippen molar-refractivity contribution in [2.24, 2.45) is 0 Å². The molecule has 2 aromatic carbocycles. The lowest BCUT2D eigenvalue weighted by molar-refractivity contribution is 0.0580. The zero-order valence-corrected chi connectivity index (χ0v) is 15.9. The Balaban J connectivity index is 1.98. The van der Waals surface area contributed by atoms with Crippen molar-refractivity contribution in [1.29, 1.82) is 0 Å². The summed E-state index contributed by atoms with van der Waals surface area (Å²) in [4.78, 5) is 0. The number of benzene rings is 2. The van der Waals surface area contributed by atoms with Crippen LogP contribution in [-0.2, 0) is 6.54 Å². The van der Waals surface area contributed by atoms with Crippen LogP contribution in [0.3, 0.4) is 0 Å². The zero-order valence-electron chi connectivity index (χ0n) is 14.3. The Bertz CT molecular complexity index is 874. The molecule has 0 amide bonds. The van der Waals surface area contributed by atoms with Crippen LogP contribution in [0.2, 0.25) is 0 Å². The summed E-state index contributed by atoms with van der Waals surface area (Å²) in [6.45, 7) is 8.05. The maximum Gasteiger partial charge on any atom is 0.142 e. The first kappa shape index (κ1) is 17.0. The van der Waals surface area contributed by atoms with Crippen LogP contribution in [-0.4, -0.2) is 20.5 Å². The maximum atomic E-state index is 9.97. The lowest BCUT2D eigenvalue weighted by atomic mass is 10.1. The van der Waals surface area contributed by atoms with Crippen molar-refractivity contribution in [3.63, 3.8) is 0 Å². The van der Waals surface area contributed by atoms with Crippen LogP contribution >= 0.6 is 15.9 Å². The number of para-hydroxylation sites is 1. The average molecular weight is 389 g/mol. The molecule has 1 heterocycles. The number of nitrogens with zero attached hydrogens (tertiary/aromatic N) is 2. The molecule has 126 valence electrons. The van der Waals surface area contributed by atoms with Crippen molar-refractivity contribution in [1.82, 2.24) is 9.78 Å². The summed E-state index contributed by atoms with van der Waals surface area (Å²) in [6.07, 6.45) is 1.93. The van der Waals surface area contributed by atoms with Crippen LogP contribution < -0.4 is 4.74 Å². The minimum Gasteiger partial charge on any atom is -0.456 e. The van der Waals surface area contributed by atoms with Crippen LogP contribution in [0.25, 0.3) is 10.9 Å². The highest BCUT2D eigenvalue weighted by molar-refractivity contribution is 9.10. The van der Waals surface area contributed by atoms with Gasteiger partial charge < -0.3 is 9.84 Å². The fraction of sp³-hybridized carbons (Fsp3) is 0.316. The van der Waals surface area contributed by atoms with Gasteiger partial charge in [0.15, 0.2) is 0 Å². The van der Waals surface area contributed by atoms with Crippen molar-refractivity contribution in [3.05, 3.63) is 52.1 Å². The Kier molecular flexibility index (Phi) is 4.40. The second-order valence-electron chi connectivity index (χ2n) is 6.80. The molecule has 0 atom stereocenters. The molecule has 1 N–H and O–H groups in total. The first-order valence-corrected chi connectivity index (χ1v) is 8.65. The molecule has 4 nitrogen and oxygen atoms in total. The molecule has 0 saturated carbocycles. The normalized spacial score (nSPS) is 11.9. The van der Waals surface area contributed by atoms with Gasteiger partial charge in [-0.1, -0.05) is 18.2 Å². The zero-order chi connectivity index (χ0) is 17.5. The van der Waals surface area contributed by atoms with E-state index in [0.717, 1.165) is 38.0 Å². The first-order chi connectivity index (χ1) is 11.2. The highest BCUT2D eigenvalue weighted by atomic mass is 79.9. The van der Waals surface area contributed by atoms with E-state index in [2.05, 4.69) is 21.0 Å². The average Bonchev–Trinajstić information content (AvgIpc) is 2.81. The number of aliphatic hydroxyl groups is 1. The van der Waals surface area contributed by atoms with E-state index in [9.17, 15) is 5.11 Å². The third-order valence-corrected chi connectivity index (χ3v) is 4.39. The van der Waals surface area contributed by atoms with E-state index in [0.29, 0.717) is 6.54 Å². The molecule has 0 bridgehead atoms. The summed E-state index contributed by atoms with van der Waals surface area (Å²) < 4.78 is 8.77. The number of hydrogen-bond donors (Lipinski definition) is 1. The topological polar surface area (TPSA) is 47.3 Å². The van der Waals surface area contributed by atoms with E-state index in [4.69, 9.17) is 4.74 Å². The number of aromatic nitrogens is 2. The number of rotatable bonds is 4. The monoisotopic (exact) mass is 388 g/mol. The number of fused-ring (bicyclic) bond motifs is 1. The SMILES string of the molecule is Cc1cccc(C)c1Oc1cc2cn(CC(C)(C)O)nc2cc1Br. The van der Waals surface area contributed by atoms with E-state index >= 15 is 0 Å². The van der Waals surface area contributed by atoms with Crippen LogP contribution in [0.4, 0.5) is 0 Å². The van der Waals surface area contributed by atoms with Gasteiger partial charge in [0.25, 0.3) is 0 Å². The number of hydrogen-bond acceptors (Lipinski definition) is 3. The van der Waals surface area contributed by atoms with E-state index < -0.39 is 5.60 Å². The van der Waals surface area contributed by atoms with Gasteiger partial charge in [0.05, 0.1) is 22.1 Å². The van der Waals surface area contributed by atoms with Crippen molar-refractivity contribution < 1.29 is 9.84 Å². The molecule has 0 aliphatic carbocycles.